The average Bonchev–Trinajstić information content (AvgIpc) is 2.31. The maximum absolute atomic E-state index is 12.2. The van der Waals surface area contributed by atoms with Crippen LogP contribution >= 0.6 is 15.9 Å². The van der Waals surface area contributed by atoms with Crippen LogP contribution in [0.25, 0.3) is 10.9 Å². The van der Waals surface area contributed by atoms with Crippen LogP contribution in [0.3, 0.4) is 0 Å². The van der Waals surface area contributed by atoms with Crippen molar-refractivity contribution in [2.75, 3.05) is 12.4 Å². The maximum atomic E-state index is 12.2. The fourth-order valence-corrected chi connectivity index (χ4v) is 2.52. The van der Waals surface area contributed by atoms with E-state index in [-0.39, 0.29) is 11.6 Å². The lowest BCUT2D eigenvalue weighted by molar-refractivity contribution is 0.598. The van der Waals surface area contributed by atoms with Crippen molar-refractivity contribution < 1.29 is 0 Å². The number of aromatic nitrogens is 2. The second kappa shape index (κ2) is 4.72. The van der Waals surface area contributed by atoms with Crippen LogP contribution in [0.1, 0.15) is 25.6 Å². The van der Waals surface area contributed by atoms with Crippen LogP contribution in [-0.2, 0) is 0 Å². The van der Waals surface area contributed by atoms with Crippen LogP contribution in [0.4, 0.5) is 5.82 Å². The maximum Gasteiger partial charge on any atom is 0.265 e. The zero-order valence-electron chi connectivity index (χ0n) is 10.9. The lowest BCUT2D eigenvalue weighted by Crippen LogP contribution is -2.23. The summed E-state index contributed by atoms with van der Waals surface area (Å²) in [5.41, 5.74) is 1.81. The first kappa shape index (κ1) is 13.1. The molecule has 0 saturated carbocycles. The molecule has 0 bridgehead atoms. The van der Waals surface area contributed by atoms with Gasteiger partial charge in [-0.15, -0.1) is 0 Å². The second-order valence-electron chi connectivity index (χ2n) is 4.54. The third-order valence-corrected chi connectivity index (χ3v) is 3.52. The molecule has 2 aromatic rings. The fraction of sp³-hybridized carbons (Fsp3) is 0.385. The number of nitrogens with zero attached hydrogens (tertiary/aromatic N) is 2. The van der Waals surface area contributed by atoms with Gasteiger partial charge in [-0.25, -0.2) is 4.98 Å². The van der Waals surface area contributed by atoms with Crippen LogP contribution in [-0.4, -0.2) is 16.6 Å². The molecule has 0 spiro atoms. The van der Waals surface area contributed by atoms with Gasteiger partial charge >= 0.3 is 0 Å². The second-order valence-corrected chi connectivity index (χ2v) is 5.39. The van der Waals surface area contributed by atoms with Gasteiger partial charge in [-0.1, -0.05) is 0 Å². The molecule has 0 aliphatic heterocycles. The van der Waals surface area contributed by atoms with Crippen LogP contribution in [0.2, 0.25) is 0 Å². The number of nitrogens with one attached hydrogen (secondary N) is 1. The smallest absolute Gasteiger partial charge is 0.265 e. The molecule has 2 aromatic heterocycles. The number of fused-ring (bicyclic) bond motifs is 1. The lowest BCUT2D eigenvalue weighted by atomic mass is 10.2. The van der Waals surface area contributed by atoms with Gasteiger partial charge < -0.3 is 9.88 Å². The molecule has 0 radical (unpaired) electrons. The molecule has 2 heterocycles. The Kier molecular flexibility index (Phi) is 3.43. The van der Waals surface area contributed by atoms with Gasteiger partial charge in [0.25, 0.3) is 5.56 Å². The molecule has 96 valence electrons. The number of hydrogen-bond acceptors (Lipinski definition) is 3. The molecule has 0 saturated heterocycles. The summed E-state index contributed by atoms with van der Waals surface area (Å²) in [6, 6.07) is 3.86. The minimum absolute atomic E-state index is 0.00912. The molecule has 18 heavy (non-hydrogen) atoms. The molecule has 0 aliphatic rings. The van der Waals surface area contributed by atoms with E-state index in [1.807, 2.05) is 40.0 Å². The van der Waals surface area contributed by atoms with Crippen molar-refractivity contribution in [3.63, 3.8) is 0 Å². The molecule has 5 heteroatoms. The summed E-state index contributed by atoms with van der Waals surface area (Å²) in [5, 5.41) is 4.02. The highest BCUT2D eigenvalue weighted by molar-refractivity contribution is 9.10. The summed E-state index contributed by atoms with van der Waals surface area (Å²) >= 11 is 3.33. The highest BCUT2D eigenvalue weighted by Crippen LogP contribution is 2.24. The quantitative estimate of drug-likeness (QED) is 0.927. The molecular weight excluding hydrogens is 294 g/mol. The molecule has 0 unspecified atom stereocenters. The molecule has 4 nitrogen and oxygen atoms in total. The largest absolute Gasteiger partial charge is 0.373 e. The Morgan fingerprint density at radius 2 is 2.06 bits per heavy atom. The first-order valence-corrected chi connectivity index (χ1v) is 6.65. The van der Waals surface area contributed by atoms with Gasteiger partial charge in [0.15, 0.2) is 0 Å². The van der Waals surface area contributed by atoms with E-state index < -0.39 is 0 Å². The van der Waals surface area contributed by atoms with Gasteiger partial charge in [0.1, 0.15) is 5.82 Å². The van der Waals surface area contributed by atoms with Gasteiger partial charge in [-0.2, -0.15) is 0 Å². The monoisotopic (exact) mass is 309 g/mol. The van der Waals surface area contributed by atoms with Gasteiger partial charge in [-0.05, 0) is 42.8 Å². The third kappa shape index (κ3) is 2.03. The minimum atomic E-state index is -0.00912. The summed E-state index contributed by atoms with van der Waals surface area (Å²) in [6.07, 6.45) is 0. The summed E-state index contributed by atoms with van der Waals surface area (Å²) < 4.78 is 2.36. The average molecular weight is 310 g/mol. The van der Waals surface area contributed by atoms with Crippen LogP contribution in [0.5, 0.6) is 0 Å². The van der Waals surface area contributed by atoms with E-state index in [2.05, 4.69) is 26.2 Å². The van der Waals surface area contributed by atoms with Gasteiger partial charge in [0.2, 0.25) is 0 Å². The predicted molar refractivity (Wildman–Crippen MR) is 78.4 cm³/mol. The highest BCUT2D eigenvalue weighted by Gasteiger charge is 2.13. The number of halogens is 1. The van der Waals surface area contributed by atoms with E-state index in [1.165, 1.54) is 0 Å². The zero-order chi connectivity index (χ0) is 13.4. The summed E-state index contributed by atoms with van der Waals surface area (Å²) in [6.45, 7) is 5.95. The highest BCUT2D eigenvalue weighted by atomic mass is 79.9. The summed E-state index contributed by atoms with van der Waals surface area (Å²) in [7, 11) is 1.82. The van der Waals surface area contributed by atoms with Crippen molar-refractivity contribution in [3.8, 4) is 0 Å². The van der Waals surface area contributed by atoms with Crippen LogP contribution in [0, 0.1) is 6.92 Å². The molecule has 0 aromatic carbocycles. The van der Waals surface area contributed by atoms with Crippen LogP contribution in [0.15, 0.2) is 21.4 Å². The molecule has 0 aliphatic carbocycles. The van der Waals surface area contributed by atoms with E-state index in [9.17, 15) is 4.79 Å². The van der Waals surface area contributed by atoms with Crippen LogP contribution < -0.4 is 10.9 Å². The third-order valence-electron chi connectivity index (χ3n) is 2.95. The van der Waals surface area contributed by atoms with E-state index in [1.54, 1.807) is 4.57 Å². The van der Waals surface area contributed by atoms with Gasteiger partial charge in [0.05, 0.1) is 9.99 Å². The summed E-state index contributed by atoms with van der Waals surface area (Å²) in [5.74, 6) is 0.774. The van der Waals surface area contributed by atoms with E-state index in [0.29, 0.717) is 4.47 Å². The Hall–Kier alpha value is -1.36. The van der Waals surface area contributed by atoms with Crippen molar-refractivity contribution in [3.05, 3.63) is 32.7 Å². The van der Waals surface area contributed by atoms with Gasteiger partial charge in [-0.3, -0.25) is 4.79 Å². The van der Waals surface area contributed by atoms with Crippen molar-refractivity contribution in [2.45, 2.75) is 26.8 Å². The molecule has 0 atom stereocenters. The first-order chi connectivity index (χ1) is 8.45. The molecule has 2 rings (SSSR count). The SMILES string of the molecule is CNc1cc2c(cc(Br)c(=O)n2C(C)C)c(C)n1. The normalized spacial score (nSPS) is 11.2. The predicted octanol–water partition coefficient (Wildman–Crippen LogP) is 3.09. The number of aryl methyl sites for hydroxylation is 1. The Labute approximate surface area is 114 Å². The Morgan fingerprint density at radius 3 is 2.61 bits per heavy atom. The Morgan fingerprint density at radius 1 is 1.39 bits per heavy atom. The topological polar surface area (TPSA) is 46.9 Å². The van der Waals surface area contributed by atoms with Crippen molar-refractivity contribution in [1.29, 1.82) is 0 Å². The Balaban J connectivity index is 2.98. The minimum Gasteiger partial charge on any atom is -0.373 e. The van der Waals surface area contributed by atoms with E-state index in [4.69, 9.17) is 0 Å². The first-order valence-electron chi connectivity index (χ1n) is 5.86. The number of rotatable bonds is 2. The van der Waals surface area contributed by atoms with Gasteiger partial charge in [0, 0.05) is 30.2 Å². The standard InChI is InChI=1S/C13H16BrN3O/c1-7(2)17-11-6-12(15-4)16-8(3)9(11)5-10(14)13(17)18/h5-7H,1-4H3,(H,15,16). The number of pyridine rings is 2. The number of anilines is 1. The van der Waals surface area contributed by atoms with E-state index in [0.717, 1.165) is 22.4 Å². The molecule has 0 amide bonds. The summed E-state index contributed by atoms with van der Waals surface area (Å²) in [4.78, 5) is 16.7. The van der Waals surface area contributed by atoms with Crippen molar-refractivity contribution in [1.82, 2.24) is 9.55 Å². The Bertz CT molecular complexity index is 661. The fourth-order valence-electron chi connectivity index (χ4n) is 2.10. The molecule has 1 N–H and O–H groups in total. The van der Waals surface area contributed by atoms with Crippen molar-refractivity contribution >= 4 is 32.7 Å². The zero-order valence-corrected chi connectivity index (χ0v) is 12.5. The van der Waals surface area contributed by atoms with Crippen molar-refractivity contribution in [2.24, 2.45) is 0 Å². The van der Waals surface area contributed by atoms with E-state index >= 15 is 0 Å². The molecular formula is C13H16BrN3O. The molecule has 0 fully saturated rings. The number of hydrogen-bond donors (Lipinski definition) is 1. The lowest BCUT2D eigenvalue weighted by Gasteiger charge is -2.16.